The highest BCUT2D eigenvalue weighted by Gasteiger charge is 2.35. The molecule has 1 aliphatic rings. The van der Waals surface area contributed by atoms with E-state index in [1.807, 2.05) is 31.0 Å². The number of nitrogens with two attached hydrogens (primary N) is 1. The molecule has 1 aromatic carbocycles. The summed E-state index contributed by atoms with van der Waals surface area (Å²) in [6.07, 6.45) is 0. The van der Waals surface area contributed by atoms with Gasteiger partial charge in [-0.2, -0.15) is 0 Å². The number of hydrogen-bond acceptors (Lipinski definition) is 2. The van der Waals surface area contributed by atoms with E-state index in [0.717, 1.165) is 11.3 Å². The average Bonchev–Trinajstić information content (AvgIpc) is 2.60. The molecule has 0 saturated carbocycles. The summed E-state index contributed by atoms with van der Waals surface area (Å²) in [4.78, 5) is 15.7. The van der Waals surface area contributed by atoms with Crippen LogP contribution in [-0.2, 0) is 0 Å². The van der Waals surface area contributed by atoms with Crippen LogP contribution in [0.3, 0.4) is 0 Å². The van der Waals surface area contributed by atoms with Crippen molar-refractivity contribution in [2.75, 3.05) is 25.0 Å². The third-order valence-corrected chi connectivity index (χ3v) is 3.61. The summed E-state index contributed by atoms with van der Waals surface area (Å²) in [7, 11) is 1.81. The van der Waals surface area contributed by atoms with Gasteiger partial charge in [-0.3, -0.25) is 4.90 Å². The highest BCUT2D eigenvalue weighted by Crippen LogP contribution is 2.27. The van der Waals surface area contributed by atoms with Gasteiger partial charge in [-0.15, -0.1) is 0 Å². The number of carbonyl (C=O) groups excluding carboxylic acids is 1. The van der Waals surface area contributed by atoms with Crippen LogP contribution >= 0.6 is 0 Å². The first kappa shape index (κ1) is 11.9. The number of aryl methyl sites for hydroxylation is 1. The summed E-state index contributed by atoms with van der Waals surface area (Å²) in [5, 5.41) is 0. The number of carbonyl (C=O) groups is 1. The number of likely N-dealkylation sites (N-methyl/N-ethyl adjacent to an activating group) is 1. The summed E-state index contributed by atoms with van der Waals surface area (Å²) in [5.74, 6) is 0. The maximum absolute atomic E-state index is 12.1. The van der Waals surface area contributed by atoms with Crippen molar-refractivity contribution in [1.29, 1.82) is 0 Å². The Morgan fingerprint density at radius 2 is 2.12 bits per heavy atom. The van der Waals surface area contributed by atoms with Gasteiger partial charge in [-0.05, 0) is 31.0 Å². The maximum Gasteiger partial charge on any atom is 0.324 e. The monoisotopic (exact) mass is 233 g/mol. The van der Waals surface area contributed by atoms with Gasteiger partial charge in [0, 0.05) is 25.8 Å². The van der Waals surface area contributed by atoms with Crippen molar-refractivity contribution in [3.05, 3.63) is 29.3 Å². The van der Waals surface area contributed by atoms with Gasteiger partial charge in [-0.25, -0.2) is 4.79 Å². The first-order chi connectivity index (χ1) is 8.06. The molecule has 1 saturated heterocycles. The number of amides is 2. The third kappa shape index (κ3) is 1.89. The normalized spacial score (nSPS) is 20.2. The summed E-state index contributed by atoms with van der Waals surface area (Å²) in [6.45, 7) is 5.29. The van der Waals surface area contributed by atoms with E-state index in [-0.39, 0.29) is 12.1 Å². The van der Waals surface area contributed by atoms with E-state index in [0.29, 0.717) is 13.1 Å². The second-order valence-electron chi connectivity index (χ2n) is 4.61. The Kier molecular flexibility index (Phi) is 3.07. The van der Waals surface area contributed by atoms with Crippen molar-refractivity contribution in [2.45, 2.75) is 19.9 Å². The van der Waals surface area contributed by atoms with Crippen molar-refractivity contribution in [2.24, 2.45) is 5.73 Å². The van der Waals surface area contributed by atoms with E-state index < -0.39 is 0 Å². The van der Waals surface area contributed by atoms with Crippen LogP contribution in [0.25, 0.3) is 0 Å². The minimum atomic E-state index is 0.0363. The summed E-state index contributed by atoms with van der Waals surface area (Å²) in [6, 6.07) is 6.19. The number of nitrogens with zero attached hydrogens (tertiary/aromatic N) is 2. The van der Waals surface area contributed by atoms with Crippen LogP contribution in [0, 0.1) is 13.8 Å². The maximum atomic E-state index is 12.1. The SMILES string of the molecule is Cc1cccc(N2CC(CN)N(C)C2=O)c1C. The fourth-order valence-electron chi connectivity index (χ4n) is 2.22. The second-order valence-corrected chi connectivity index (χ2v) is 4.61. The smallest absolute Gasteiger partial charge is 0.324 e. The molecule has 1 fully saturated rings. The number of rotatable bonds is 2. The Hall–Kier alpha value is -1.55. The van der Waals surface area contributed by atoms with E-state index in [1.165, 1.54) is 5.56 Å². The molecule has 2 rings (SSSR count). The van der Waals surface area contributed by atoms with Gasteiger partial charge < -0.3 is 10.6 Å². The van der Waals surface area contributed by atoms with Crippen molar-refractivity contribution in [3.63, 3.8) is 0 Å². The van der Waals surface area contributed by atoms with E-state index in [4.69, 9.17) is 5.73 Å². The number of urea groups is 1. The lowest BCUT2D eigenvalue weighted by Gasteiger charge is -2.19. The quantitative estimate of drug-likeness (QED) is 0.841. The van der Waals surface area contributed by atoms with E-state index in [9.17, 15) is 4.79 Å². The van der Waals surface area contributed by atoms with Gasteiger partial charge in [0.2, 0.25) is 0 Å². The molecule has 2 N–H and O–H groups in total. The van der Waals surface area contributed by atoms with Crippen LogP contribution in [0.4, 0.5) is 10.5 Å². The van der Waals surface area contributed by atoms with Crippen LogP contribution < -0.4 is 10.6 Å². The molecule has 0 radical (unpaired) electrons. The molecule has 4 heteroatoms. The third-order valence-electron chi connectivity index (χ3n) is 3.61. The van der Waals surface area contributed by atoms with Crippen molar-refractivity contribution >= 4 is 11.7 Å². The molecule has 1 unspecified atom stereocenters. The van der Waals surface area contributed by atoms with E-state index in [2.05, 4.69) is 13.0 Å². The Morgan fingerprint density at radius 1 is 1.41 bits per heavy atom. The van der Waals surface area contributed by atoms with Crippen LogP contribution in [0.2, 0.25) is 0 Å². The first-order valence-corrected chi connectivity index (χ1v) is 5.87. The lowest BCUT2D eigenvalue weighted by atomic mass is 10.1. The zero-order valence-corrected chi connectivity index (χ0v) is 10.6. The standard InChI is InChI=1S/C13H19N3O/c1-9-5-4-6-12(10(9)2)16-8-11(7-14)15(3)13(16)17/h4-6,11H,7-8,14H2,1-3H3. The number of anilines is 1. The molecular weight excluding hydrogens is 214 g/mol. The molecule has 17 heavy (non-hydrogen) atoms. The van der Waals surface area contributed by atoms with Crippen molar-refractivity contribution < 1.29 is 4.79 Å². The van der Waals surface area contributed by atoms with Gasteiger partial charge in [-0.1, -0.05) is 12.1 Å². The molecule has 1 heterocycles. The Labute approximate surface area is 102 Å². The topological polar surface area (TPSA) is 49.6 Å². The molecule has 2 amide bonds. The van der Waals surface area contributed by atoms with Crippen LogP contribution in [0.1, 0.15) is 11.1 Å². The van der Waals surface area contributed by atoms with Crippen molar-refractivity contribution in [1.82, 2.24) is 4.90 Å². The minimum absolute atomic E-state index is 0.0363. The van der Waals surface area contributed by atoms with Gasteiger partial charge in [0.15, 0.2) is 0 Å². The molecule has 4 nitrogen and oxygen atoms in total. The largest absolute Gasteiger partial charge is 0.328 e. The van der Waals surface area contributed by atoms with Gasteiger partial charge in [0.25, 0.3) is 0 Å². The molecule has 0 aliphatic carbocycles. The average molecular weight is 233 g/mol. The van der Waals surface area contributed by atoms with Crippen LogP contribution in [-0.4, -0.2) is 37.1 Å². The highest BCUT2D eigenvalue weighted by molar-refractivity contribution is 5.95. The van der Waals surface area contributed by atoms with Crippen LogP contribution in [0.15, 0.2) is 18.2 Å². The molecule has 92 valence electrons. The minimum Gasteiger partial charge on any atom is -0.328 e. The summed E-state index contributed by atoms with van der Waals surface area (Å²) in [5.41, 5.74) is 9.03. The second kappa shape index (κ2) is 4.37. The number of hydrogen-bond donors (Lipinski definition) is 1. The van der Waals surface area contributed by atoms with Gasteiger partial charge >= 0.3 is 6.03 Å². The van der Waals surface area contributed by atoms with Crippen molar-refractivity contribution in [3.8, 4) is 0 Å². The molecule has 1 atom stereocenters. The van der Waals surface area contributed by atoms with Gasteiger partial charge in [0.1, 0.15) is 0 Å². The predicted octanol–water partition coefficient (Wildman–Crippen LogP) is 1.50. The number of benzene rings is 1. The first-order valence-electron chi connectivity index (χ1n) is 5.87. The zero-order chi connectivity index (χ0) is 12.6. The van der Waals surface area contributed by atoms with E-state index >= 15 is 0 Å². The molecular formula is C13H19N3O. The molecule has 0 aromatic heterocycles. The highest BCUT2D eigenvalue weighted by atomic mass is 16.2. The lowest BCUT2D eigenvalue weighted by molar-refractivity contribution is 0.219. The van der Waals surface area contributed by atoms with Gasteiger partial charge in [0.05, 0.1) is 6.04 Å². The fourth-order valence-corrected chi connectivity index (χ4v) is 2.22. The summed E-state index contributed by atoms with van der Waals surface area (Å²) < 4.78 is 0. The lowest BCUT2D eigenvalue weighted by Crippen LogP contribution is -2.35. The van der Waals surface area contributed by atoms with Crippen LogP contribution in [0.5, 0.6) is 0 Å². The fraction of sp³-hybridized carbons (Fsp3) is 0.462. The zero-order valence-electron chi connectivity index (χ0n) is 10.6. The molecule has 1 aromatic rings. The van der Waals surface area contributed by atoms with E-state index in [1.54, 1.807) is 4.90 Å². The molecule has 1 aliphatic heterocycles. The Bertz CT molecular complexity index is 444. The summed E-state index contributed by atoms with van der Waals surface area (Å²) >= 11 is 0. The molecule has 0 spiro atoms. The Morgan fingerprint density at radius 3 is 2.71 bits per heavy atom. The predicted molar refractivity (Wildman–Crippen MR) is 69.3 cm³/mol. The molecule has 0 bridgehead atoms. The Balaban J connectivity index is 2.35.